The number of aromatic nitrogens is 1. The maximum atomic E-state index is 11.2. The molecule has 2 aromatic rings. The number of nitrogens with zero attached hydrogens (tertiary/aromatic N) is 2. The van der Waals surface area contributed by atoms with E-state index in [0.29, 0.717) is 5.69 Å². The number of fused-ring (bicyclic) bond motifs is 1. The fourth-order valence-electron chi connectivity index (χ4n) is 2.02. The van der Waals surface area contributed by atoms with E-state index in [1.807, 2.05) is 13.8 Å². The van der Waals surface area contributed by atoms with Crippen LogP contribution >= 0.6 is 11.3 Å². The SMILES string of the molecule is C#CC(CCC)Nc1cc2nc(C)sc2cc1[N+](=O)[O-]. The first kappa shape index (κ1) is 14.3. The summed E-state index contributed by atoms with van der Waals surface area (Å²) in [6.07, 6.45) is 7.13. The molecule has 5 nitrogen and oxygen atoms in total. The number of nitrogens with one attached hydrogen (secondary N) is 1. The van der Waals surface area contributed by atoms with Crippen LogP contribution in [0.4, 0.5) is 11.4 Å². The van der Waals surface area contributed by atoms with E-state index >= 15 is 0 Å². The van der Waals surface area contributed by atoms with Gasteiger partial charge in [-0.25, -0.2) is 4.98 Å². The van der Waals surface area contributed by atoms with Crippen LogP contribution in [0.15, 0.2) is 12.1 Å². The van der Waals surface area contributed by atoms with Crippen molar-refractivity contribution < 1.29 is 4.92 Å². The van der Waals surface area contributed by atoms with Crippen molar-refractivity contribution in [2.75, 3.05) is 5.32 Å². The summed E-state index contributed by atoms with van der Waals surface area (Å²) in [7, 11) is 0. The molecule has 20 heavy (non-hydrogen) atoms. The Morgan fingerprint density at radius 3 is 2.95 bits per heavy atom. The van der Waals surface area contributed by atoms with Gasteiger partial charge in [0.05, 0.1) is 26.2 Å². The number of anilines is 1. The van der Waals surface area contributed by atoms with Crippen LogP contribution < -0.4 is 5.32 Å². The summed E-state index contributed by atoms with van der Waals surface area (Å²) in [6, 6.07) is 3.05. The van der Waals surface area contributed by atoms with Crippen molar-refractivity contribution in [3.8, 4) is 12.3 Å². The molecule has 0 spiro atoms. The summed E-state index contributed by atoms with van der Waals surface area (Å²) in [6.45, 7) is 3.90. The summed E-state index contributed by atoms with van der Waals surface area (Å²) >= 11 is 1.44. The predicted molar refractivity (Wildman–Crippen MR) is 82.2 cm³/mol. The summed E-state index contributed by atoms with van der Waals surface area (Å²) < 4.78 is 0.812. The Morgan fingerprint density at radius 1 is 1.60 bits per heavy atom. The zero-order valence-electron chi connectivity index (χ0n) is 11.3. The first-order valence-corrected chi connectivity index (χ1v) is 7.15. The molecule has 0 amide bonds. The molecule has 6 heteroatoms. The number of aryl methyl sites for hydroxylation is 1. The van der Waals surface area contributed by atoms with Gasteiger partial charge in [0.1, 0.15) is 5.69 Å². The molecule has 1 unspecified atom stereocenters. The van der Waals surface area contributed by atoms with Gasteiger partial charge in [-0.15, -0.1) is 17.8 Å². The van der Waals surface area contributed by atoms with Gasteiger partial charge >= 0.3 is 0 Å². The van der Waals surface area contributed by atoms with Crippen LogP contribution in [0.5, 0.6) is 0 Å². The third-order valence-corrected chi connectivity index (χ3v) is 3.85. The molecule has 0 aliphatic rings. The Kier molecular flexibility index (Phi) is 4.20. The average molecular weight is 289 g/mol. The lowest BCUT2D eigenvalue weighted by Gasteiger charge is -2.13. The minimum atomic E-state index is -0.393. The van der Waals surface area contributed by atoms with Crippen LogP contribution in [0.2, 0.25) is 0 Å². The molecule has 2 rings (SSSR count). The molecule has 1 aromatic heterocycles. The van der Waals surface area contributed by atoms with Crippen molar-refractivity contribution >= 4 is 32.9 Å². The molecule has 1 heterocycles. The van der Waals surface area contributed by atoms with E-state index in [4.69, 9.17) is 6.42 Å². The first-order valence-electron chi connectivity index (χ1n) is 6.33. The zero-order chi connectivity index (χ0) is 14.7. The van der Waals surface area contributed by atoms with E-state index < -0.39 is 4.92 Å². The van der Waals surface area contributed by atoms with Crippen LogP contribution in [-0.4, -0.2) is 15.9 Å². The summed E-state index contributed by atoms with van der Waals surface area (Å²) in [5.74, 6) is 2.62. The summed E-state index contributed by atoms with van der Waals surface area (Å²) in [4.78, 5) is 15.2. The van der Waals surface area contributed by atoms with Crippen LogP contribution in [-0.2, 0) is 0 Å². The highest BCUT2D eigenvalue weighted by molar-refractivity contribution is 7.18. The quantitative estimate of drug-likeness (QED) is 0.517. The minimum absolute atomic E-state index is 0.0394. The van der Waals surface area contributed by atoms with Gasteiger partial charge < -0.3 is 5.32 Å². The lowest BCUT2D eigenvalue weighted by molar-refractivity contribution is -0.383. The molecule has 0 radical (unpaired) electrons. The third-order valence-electron chi connectivity index (χ3n) is 2.92. The van der Waals surface area contributed by atoms with Crippen molar-refractivity contribution in [2.45, 2.75) is 32.7 Å². The van der Waals surface area contributed by atoms with E-state index in [0.717, 1.165) is 28.1 Å². The number of thiazole rings is 1. The monoisotopic (exact) mass is 289 g/mol. The number of hydrogen-bond acceptors (Lipinski definition) is 5. The molecular weight excluding hydrogens is 274 g/mol. The average Bonchev–Trinajstić information content (AvgIpc) is 2.76. The molecule has 0 fully saturated rings. The second-order valence-corrected chi connectivity index (χ2v) is 5.71. The van der Waals surface area contributed by atoms with Gasteiger partial charge in [0.25, 0.3) is 5.69 Å². The highest BCUT2D eigenvalue weighted by Crippen LogP contribution is 2.33. The molecule has 1 N–H and O–H groups in total. The number of rotatable bonds is 5. The van der Waals surface area contributed by atoms with Gasteiger partial charge in [-0.1, -0.05) is 19.3 Å². The largest absolute Gasteiger partial charge is 0.366 e. The Balaban J connectivity index is 2.46. The third kappa shape index (κ3) is 2.89. The van der Waals surface area contributed by atoms with Crippen LogP contribution in [0.3, 0.4) is 0 Å². The molecule has 0 bridgehead atoms. The topological polar surface area (TPSA) is 68.1 Å². The standard InChI is InChI=1S/C14H15N3O2S/c1-4-6-10(5-2)16-11-7-12-14(20-9(3)15-12)8-13(11)17(18)19/h2,7-8,10,16H,4,6H2,1,3H3. The molecule has 0 aliphatic heterocycles. The maximum Gasteiger partial charge on any atom is 0.293 e. The normalized spacial score (nSPS) is 12.1. The molecular formula is C14H15N3O2S. The van der Waals surface area contributed by atoms with E-state index in [2.05, 4.69) is 16.2 Å². The molecule has 0 saturated carbocycles. The Labute approximate surface area is 121 Å². The Bertz CT molecular complexity index is 688. The molecule has 0 aliphatic carbocycles. The second kappa shape index (κ2) is 5.88. The van der Waals surface area contributed by atoms with E-state index in [-0.39, 0.29) is 11.7 Å². The number of nitro benzene ring substituents is 1. The van der Waals surface area contributed by atoms with Gasteiger partial charge in [0, 0.05) is 6.07 Å². The lowest BCUT2D eigenvalue weighted by atomic mass is 10.1. The smallest absolute Gasteiger partial charge is 0.293 e. The van der Waals surface area contributed by atoms with E-state index in [9.17, 15) is 10.1 Å². The van der Waals surface area contributed by atoms with Gasteiger partial charge in [-0.05, 0) is 19.4 Å². The second-order valence-electron chi connectivity index (χ2n) is 4.48. The van der Waals surface area contributed by atoms with Crippen molar-refractivity contribution in [2.24, 2.45) is 0 Å². The van der Waals surface area contributed by atoms with E-state index in [1.165, 1.54) is 11.3 Å². The Morgan fingerprint density at radius 2 is 2.35 bits per heavy atom. The molecule has 1 atom stereocenters. The van der Waals surface area contributed by atoms with Crippen molar-refractivity contribution in [3.63, 3.8) is 0 Å². The zero-order valence-corrected chi connectivity index (χ0v) is 12.2. The van der Waals surface area contributed by atoms with Crippen molar-refractivity contribution in [1.29, 1.82) is 0 Å². The molecule has 0 saturated heterocycles. The molecule has 1 aromatic carbocycles. The first-order chi connectivity index (χ1) is 9.55. The maximum absolute atomic E-state index is 11.2. The number of hydrogen-bond donors (Lipinski definition) is 1. The van der Waals surface area contributed by atoms with Crippen molar-refractivity contribution in [1.82, 2.24) is 4.98 Å². The summed E-state index contributed by atoms with van der Waals surface area (Å²) in [5.41, 5.74) is 1.23. The van der Waals surface area contributed by atoms with E-state index in [1.54, 1.807) is 12.1 Å². The van der Waals surface area contributed by atoms with Gasteiger partial charge in [0.2, 0.25) is 0 Å². The highest BCUT2D eigenvalue weighted by Gasteiger charge is 2.18. The Hall–Kier alpha value is -2.13. The fourth-order valence-corrected chi connectivity index (χ4v) is 2.86. The van der Waals surface area contributed by atoms with Crippen LogP contribution in [0.25, 0.3) is 10.2 Å². The van der Waals surface area contributed by atoms with Crippen LogP contribution in [0, 0.1) is 29.4 Å². The number of terminal acetylenes is 1. The molecule has 104 valence electrons. The van der Waals surface area contributed by atoms with Gasteiger partial charge in [0.15, 0.2) is 0 Å². The van der Waals surface area contributed by atoms with Crippen molar-refractivity contribution in [3.05, 3.63) is 27.3 Å². The predicted octanol–water partition coefficient (Wildman–Crippen LogP) is 3.73. The van der Waals surface area contributed by atoms with Gasteiger partial charge in [-0.2, -0.15) is 0 Å². The fraction of sp³-hybridized carbons (Fsp3) is 0.357. The number of benzene rings is 1. The van der Waals surface area contributed by atoms with Crippen LogP contribution in [0.1, 0.15) is 24.8 Å². The highest BCUT2D eigenvalue weighted by atomic mass is 32.1. The summed E-state index contributed by atoms with van der Waals surface area (Å²) in [5, 5.41) is 15.1. The minimum Gasteiger partial charge on any atom is -0.366 e. The number of nitro groups is 1. The van der Waals surface area contributed by atoms with Gasteiger partial charge in [-0.3, -0.25) is 10.1 Å². The lowest BCUT2D eigenvalue weighted by Crippen LogP contribution is -2.17.